The molecular weight excluding hydrogens is 435 g/mol. The summed E-state index contributed by atoms with van der Waals surface area (Å²) in [5, 5.41) is 2.51. The van der Waals surface area contributed by atoms with Gasteiger partial charge in [-0.1, -0.05) is 31.2 Å². The topological polar surface area (TPSA) is 84.3 Å². The van der Waals surface area contributed by atoms with E-state index in [0.717, 1.165) is 23.8 Å². The summed E-state index contributed by atoms with van der Waals surface area (Å²) in [6.07, 6.45) is 4.34. The number of likely N-dealkylation sites (N-methyl/N-ethyl adjacent to an activating group) is 1. The molecule has 1 aliphatic carbocycles. The van der Waals surface area contributed by atoms with Crippen molar-refractivity contribution in [3.63, 3.8) is 0 Å². The van der Waals surface area contributed by atoms with Crippen molar-refractivity contribution < 1.29 is 14.0 Å². The fraction of sp³-hybridized carbons (Fsp3) is 0.308. The molecule has 0 radical (unpaired) electrons. The minimum atomic E-state index is -0.668. The second-order valence-electron chi connectivity index (χ2n) is 8.46. The molecule has 1 aromatic heterocycles. The lowest BCUT2D eigenvalue weighted by Crippen LogP contribution is -2.39. The standard InChI is InChI=1S/C26H27FN4O3/c1-3-23(32)29-21-15-28-25(18-11-13-19(27)14-12-18)31(26(21)34)24(33)16-30(2)22-10-6-8-17-7-4-5-9-20(17)22/h4-5,7,9,11-15,22H,3,6,8,10,16H2,1-2H3,(H,29,32)/t22-/m1/s1. The second kappa shape index (κ2) is 10.1. The van der Waals surface area contributed by atoms with Crippen LogP contribution >= 0.6 is 0 Å². The molecule has 0 saturated heterocycles. The van der Waals surface area contributed by atoms with Gasteiger partial charge in [-0.25, -0.2) is 13.9 Å². The number of carbonyl (C=O) groups is 2. The number of aromatic nitrogens is 2. The quantitative estimate of drug-likeness (QED) is 0.598. The Morgan fingerprint density at radius 3 is 2.65 bits per heavy atom. The summed E-state index contributed by atoms with van der Waals surface area (Å²) in [5.74, 6) is -1.17. The molecule has 1 aliphatic rings. The molecule has 4 rings (SSSR count). The van der Waals surface area contributed by atoms with Gasteiger partial charge in [-0.05, 0) is 61.7 Å². The van der Waals surface area contributed by atoms with Crippen LogP contribution in [0.15, 0.2) is 59.5 Å². The van der Waals surface area contributed by atoms with Gasteiger partial charge in [0.25, 0.3) is 5.56 Å². The minimum Gasteiger partial charge on any atom is -0.320 e. The molecule has 7 nitrogen and oxygen atoms in total. The van der Waals surface area contributed by atoms with E-state index in [2.05, 4.69) is 22.4 Å². The first-order chi connectivity index (χ1) is 16.4. The first-order valence-electron chi connectivity index (χ1n) is 11.4. The van der Waals surface area contributed by atoms with Crippen LogP contribution in [0.3, 0.4) is 0 Å². The molecule has 0 spiro atoms. The van der Waals surface area contributed by atoms with Crippen LogP contribution in [0.2, 0.25) is 0 Å². The zero-order valence-electron chi connectivity index (χ0n) is 19.3. The van der Waals surface area contributed by atoms with Crippen molar-refractivity contribution in [3.05, 3.63) is 82.0 Å². The number of hydrogen-bond donors (Lipinski definition) is 1. The summed E-state index contributed by atoms with van der Waals surface area (Å²) in [6.45, 7) is 1.64. The number of nitrogens with one attached hydrogen (secondary N) is 1. The molecule has 0 unspecified atom stereocenters. The van der Waals surface area contributed by atoms with E-state index in [1.54, 1.807) is 6.92 Å². The van der Waals surface area contributed by atoms with Gasteiger partial charge in [0, 0.05) is 18.0 Å². The van der Waals surface area contributed by atoms with Crippen molar-refractivity contribution in [1.29, 1.82) is 0 Å². The van der Waals surface area contributed by atoms with Crippen molar-refractivity contribution in [1.82, 2.24) is 14.5 Å². The normalized spacial score (nSPS) is 15.1. The monoisotopic (exact) mass is 462 g/mol. The summed E-state index contributed by atoms with van der Waals surface area (Å²) in [7, 11) is 1.86. The minimum absolute atomic E-state index is 0.0278. The average molecular weight is 463 g/mol. The van der Waals surface area contributed by atoms with Crippen molar-refractivity contribution in [2.45, 2.75) is 38.6 Å². The second-order valence-corrected chi connectivity index (χ2v) is 8.46. The highest BCUT2D eigenvalue weighted by Gasteiger charge is 2.27. The van der Waals surface area contributed by atoms with Crippen molar-refractivity contribution in [2.24, 2.45) is 0 Å². The highest BCUT2D eigenvalue weighted by atomic mass is 19.1. The van der Waals surface area contributed by atoms with Gasteiger partial charge in [-0.15, -0.1) is 0 Å². The number of anilines is 1. The van der Waals surface area contributed by atoms with Crippen LogP contribution in [0.5, 0.6) is 0 Å². The molecule has 0 aliphatic heterocycles. The third-order valence-electron chi connectivity index (χ3n) is 6.16. The number of benzene rings is 2. The predicted molar refractivity (Wildman–Crippen MR) is 128 cm³/mol. The van der Waals surface area contributed by atoms with Gasteiger partial charge in [0.05, 0.1) is 12.7 Å². The zero-order chi connectivity index (χ0) is 24.2. The van der Waals surface area contributed by atoms with Crippen LogP contribution in [-0.4, -0.2) is 39.9 Å². The van der Waals surface area contributed by atoms with Gasteiger partial charge >= 0.3 is 0 Å². The summed E-state index contributed by atoms with van der Waals surface area (Å²) < 4.78 is 14.5. The lowest BCUT2D eigenvalue weighted by Gasteiger charge is -2.33. The number of halogens is 1. The Hall–Kier alpha value is -3.65. The SMILES string of the molecule is CCC(=O)Nc1cnc(-c2ccc(F)cc2)n(C(=O)CN(C)[C@@H]2CCCc3ccccc32)c1=O. The number of hydrogen-bond acceptors (Lipinski definition) is 5. The molecule has 8 heteroatoms. The molecule has 0 saturated carbocycles. The maximum atomic E-state index is 13.5. The van der Waals surface area contributed by atoms with Gasteiger partial charge in [-0.3, -0.25) is 19.3 Å². The summed E-state index contributed by atoms with van der Waals surface area (Å²) in [6, 6.07) is 13.7. The molecule has 34 heavy (non-hydrogen) atoms. The predicted octanol–water partition coefficient (Wildman–Crippen LogP) is 4.05. The van der Waals surface area contributed by atoms with E-state index >= 15 is 0 Å². The molecule has 176 valence electrons. The van der Waals surface area contributed by atoms with E-state index < -0.39 is 17.3 Å². The van der Waals surface area contributed by atoms with Crippen LogP contribution in [-0.2, 0) is 11.2 Å². The van der Waals surface area contributed by atoms with Crippen LogP contribution in [0, 0.1) is 5.82 Å². The summed E-state index contributed by atoms with van der Waals surface area (Å²) >= 11 is 0. The maximum Gasteiger partial charge on any atom is 0.284 e. The van der Waals surface area contributed by atoms with E-state index in [0.29, 0.717) is 5.56 Å². The van der Waals surface area contributed by atoms with Crippen LogP contribution in [0.1, 0.15) is 48.1 Å². The molecule has 0 bridgehead atoms. The van der Waals surface area contributed by atoms with Crippen LogP contribution in [0.25, 0.3) is 11.4 Å². The fourth-order valence-electron chi connectivity index (χ4n) is 4.39. The average Bonchev–Trinajstić information content (AvgIpc) is 2.85. The Morgan fingerprint density at radius 1 is 1.18 bits per heavy atom. The van der Waals surface area contributed by atoms with Crippen LogP contribution < -0.4 is 10.9 Å². The zero-order valence-corrected chi connectivity index (χ0v) is 19.3. The van der Waals surface area contributed by atoms with Crippen LogP contribution in [0.4, 0.5) is 10.1 Å². The van der Waals surface area contributed by atoms with Gasteiger partial charge < -0.3 is 5.32 Å². The smallest absolute Gasteiger partial charge is 0.284 e. The highest BCUT2D eigenvalue weighted by molar-refractivity contribution is 5.91. The third-order valence-corrected chi connectivity index (χ3v) is 6.16. The largest absolute Gasteiger partial charge is 0.320 e. The molecule has 2 aromatic carbocycles. The Balaban J connectivity index is 1.70. The van der Waals surface area contributed by atoms with Gasteiger partial charge in [0.15, 0.2) is 0 Å². The van der Waals surface area contributed by atoms with Crippen molar-refractivity contribution >= 4 is 17.5 Å². The Kier molecular flexibility index (Phi) is 6.98. The van der Waals surface area contributed by atoms with E-state index in [-0.39, 0.29) is 36.4 Å². The number of aryl methyl sites for hydroxylation is 1. The first kappa shape index (κ1) is 23.5. The molecule has 1 N–H and O–H groups in total. The maximum absolute atomic E-state index is 13.5. The molecule has 1 heterocycles. The fourth-order valence-corrected chi connectivity index (χ4v) is 4.39. The van der Waals surface area contributed by atoms with E-state index in [9.17, 15) is 18.8 Å². The summed E-state index contributed by atoms with van der Waals surface area (Å²) in [4.78, 5) is 44.9. The third kappa shape index (κ3) is 4.82. The number of nitrogens with zero attached hydrogens (tertiary/aromatic N) is 3. The van der Waals surface area contributed by atoms with E-state index in [4.69, 9.17) is 0 Å². The number of amides is 1. The van der Waals surface area contributed by atoms with Crippen molar-refractivity contribution in [3.8, 4) is 11.4 Å². The Morgan fingerprint density at radius 2 is 1.91 bits per heavy atom. The lowest BCUT2D eigenvalue weighted by molar-refractivity contribution is -0.115. The number of fused-ring (bicyclic) bond motifs is 1. The van der Waals surface area contributed by atoms with E-state index in [1.807, 2.05) is 24.1 Å². The van der Waals surface area contributed by atoms with Crippen molar-refractivity contribution in [2.75, 3.05) is 18.9 Å². The molecular formula is C26H27FN4O3. The molecule has 1 atom stereocenters. The molecule has 0 fully saturated rings. The Bertz CT molecular complexity index is 1270. The molecule has 3 aromatic rings. The van der Waals surface area contributed by atoms with Gasteiger partial charge in [0.2, 0.25) is 11.8 Å². The lowest BCUT2D eigenvalue weighted by atomic mass is 9.87. The number of rotatable bonds is 6. The van der Waals surface area contributed by atoms with Gasteiger partial charge in [0.1, 0.15) is 17.3 Å². The van der Waals surface area contributed by atoms with E-state index in [1.165, 1.54) is 41.6 Å². The Labute approximate surface area is 197 Å². The number of carbonyl (C=O) groups excluding carboxylic acids is 2. The summed E-state index contributed by atoms with van der Waals surface area (Å²) in [5.41, 5.74) is 2.14. The molecule has 1 amide bonds. The first-order valence-corrected chi connectivity index (χ1v) is 11.4. The highest BCUT2D eigenvalue weighted by Crippen LogP contribution is 2.33. The van der Waals surface area contributed by atoms with Gasteiger partial charge in [-0.2, -0.15) is 0 Å².